The van der Waals surface area contributed by atoms with Crippen LogP contribution in [0, 0.1) is 18.3 Å². The molecule has 1 atom stereocenters. The summed E-state index contributed by atoms with van der Waals surface area (Å²) in [6.45, 7) is 1.95. The molecule has 0 fully saturated rings. The first-order valence-electron chi connectivity index (χ1n) is 5.46. The van der Waals surface area contributed by atoms with E-state index in [0.717, 1.165) is 16.7 Å². The zero-order chi connectivity index (χ0) is 12.3. The van der Waals surface area contributed by atoms with Gasteiger partial charge in [-0.1, -0.05) is 54.1 Å². The van der Waals surface area contributed by atoms with E-state index >= 15 is 0 Å². The molecule has 0 heterocycles. The number of aliphatic hydroxyl groups is 1. The third-order valence-electron chi connectivity index (χ3n) is 2.71. The van der Waals surface area contributed by atoms with Crippen molar-refractivity contribution in [3.63, 3.8) is 0 Å². The van der Waals surface area contributed by atoms with Crippen LogP contribution in [0.3, 0.4) is 0 Å². The number of rotatable bonds is 2. The van der Waals surface area contributed by atoms with E-state index < -0.39 is 6.10 Å². The fourth-order valence-electron chi connectivity index (χ4n) is 1.86. The molecule has 2 aromatic rings. The summed E-state index contributed by atoms with van der Waals surface area (Å²) in [5.41, 5.74) is 3.62. The van der Waals surface area contributed by atoms with E-state index in [1.54, 1.807) is 0 Å². The zero-order valence-corrected chi connectivity index (χ0v) is 9.59. The number of hydrogen-bond acceptors (Lipinski definition) is 2. The molecule has 84 valence electrons. The van der Waals surface area contributed by atoms with Gasteiger partial charge in [0.05, 0.1) is 6.07 Å². The SMILES string of the molecule is Cc1ccc(-c2ccccc2)c(C(O)C#N)c1. The Morgan fingerprint density at radius 1 is 1.12 bits per heavy atom. The van der Waals surface area contributed by atoms with E-state index in [0.29, 0.717) is 5.56 Å². The average molecular weight is 223 g/mol. The topological polar surface area (TPSA) is 44.0 Å². The lowest BCUT2D eigenvalue weighted by Crippen LogP contribution is -1.97. The van der Waals surface area contributed by atoms with Gasteiger partial charge in [0.25, 0.3) is 0 Å². The molecule has 0 amide bonds. The van der Waals surface area contributed by atoms with Crippen molar-refractivity contribution in [2.24, 2.45) is 0 Å². The van der Waals surface area contributed by atoms with Crippen LogP contribution in [0.15, 0.2) is 48.5 Å². The van der Waals surface area contributed by atoms with E-state index in [-0.39, 0.29) is 0 Å². The lowest BCUT2D eigenvalue weighted by Gasteiger charge is -2.11. The van der Waals surface area contributed by atoms with Gasteiger partial charge in [-0.3, -0.25) is 0 Å². The molecule has 0 aliphatic heterocycles. The molecule has 2 heteroatoms. The number of nitriles is 1. The van der Waals surface area contributed by atoms with Gasteiger partial charge in [-0.25, -0.2) is 0 Å². The van der Waals surface area contributed by atoms with E-state index in [1.165, 1.54) is 0 Å². The predicted molar refractivity (Wildman–Crippen MR) is 67.2 cm³/mol. The second kappa shape index (κ2) is 4.82. The number of hydrogen-bond donors (Lipinski definition) is 1. The summed E-state index contributed by atoms with van der Waals surface area (Å²) in [5.74, 6) is 0. The molecule has 0 saturated carbocycles. The van der Waals surface area contributed by atoms with Crippen molar-refractivity contribution in [3.8, 4) is 17.2 Å². The van der Waals surface area contributed by atoms with Crippen molar-refractivity contribution in [1.82, 2.24) is 0 Å². The van der Waals surface area contributed by atoms with Crippen LogP contribution in [0.25, 0.3) is 11.1 Å². The first-order chi connectivity index (χ1) is 8.22. The summed E-state index contributed by atoms with van der Waals surface area (Å²) in [6, 6.07) is 17.4. The predicted octanol–water partition coefficient (Wildman–Crippen LogP) is 3.22. The Morgan fingerprint density at radius 3 is 2.47 bits per heavy atom. The van der Waals surface area contributed by atoms with Gasteiger partial charge in [0.15, 0.2) is 6.10 Å². The van der Waals surface area contributed by atoms with Crippen molar-refractivity contribution < 1.29 is 5.11 Å². The average Bonchev–Trinajstić information content (AvgIpc) is 2.38. The van der Waals surface area contributed by atoms with Crippen LogP contribution < -0.4 is 0 Å². The van der Waals surface area contributed by atoms with Crippen LogP contribution >= 0.6 is 0 Å². The fraction of sp³-hybridized carbons (Fsp3) is 0.133. The summed E-state index contributed by atoms with van der Waals surface area (Å²) >= 11 is 0. The summed E-state index contributed by atoms with van der Waals surface area (Å²) in [6.07, 6.45) is -1.08. The molecule has 2 nitrogen and oxygen atoms in total. The molecule has 0 aliphatic carbocycles. The van der Waals surface area contributed by atoms with Gasteiger partial charge in [0.1, 0.15) is 0 Å². The fourth-order valence-corrected chi connectivity index (χ4v) is 1.86. The maximum absolute atomic E-state index is 9.73. The molecule has 2 rings (SSSR count). The maximum Gasteiger partial charge on any atom is 0.166 e. The van der Waals surface area contributed by atoms with Crippen LogP contribution in [-0.2, 0) is 0 Å². The highest BCUT2D eigenvalue weighted by atomic mass is 16.3. The van der Waals surface area contributed by atoms with E-state index in [1.807, 2.05) is 61.5 Å². The molecule has 0 spiro atoms. The highest BCUT2D eigenvalue weighted by molar-refractivity contribution is 5.68. The monoisotopic (exact) mass is 223 g/mol. The van der Waals surface area contributed by atoms with Crippen molar-refractivity contribution in [1.29, 1.82) is 5.26 Å². The zero-order valence-electron chi connectivity index (χ0n) is 9.59. The highest BCUT2D eigenvalue weighted by Gasteiger charge is 2.12. The molecular formula is C15H13NO. The molecular weight excluding hydrogens is 210 g/mol. The van der Waals surface area contributed by atoms with Crippen LogP contribution in [0.2, 0.25) is 0 Å². The van der Waals surface area contributed by atoms with Gasteiger partial charge in [-0.05, 0) is 18.1 Å². The highest BCUT2D eigenvalue weighted by Crippen LogP contribution is 2.28. The van der Waals surface area contributed by atoms with Crippen molar-refractivity contribution >= 4 is 0 Å². The van der Waals surface area contributed by atoms with Crippen LogP contribution in [-0.4, -0.2) is 5.11 Å². The lowest BCUT2D eigenvalue weighted by atomic mass is 9.95. The largest absolute Gasteiger partial charge is 0.374 e. The Morgan fingerprint density at radius 2 is 1.82 bits per heavy atom. The normalized spacial score (nSPS) is 11.8. The molecule has 2 aromatic carbocycles. The first kappa shape index (κ1) is 11.4. The molecule has 0 bridgehead atoms. The minimum atomic E-state index is -1.08. The standard InChI is InChI=1S/C15H13NO/c1-11-7-8-13(12-5-3-2-4-6-12)14(9-11)15(17)10-16/h2-9,15,17H,1H3. The van der Waals surface area contributed by atoms with E-state index in [9.17, 15) is 5.11 Å². The second-order valence-corrected chi connectivity index (χ2v) is 3.99. The van der Waals surface area contributed by atoms with Crippen molar-refractivity contribution in [2.45, 2.75) is 13.0 Å². The lowest BCUT2D eigenvalue weighted by molar-refractivity contribution is 0.236. The van der Waals surface area contributed by atoms with Crippen molar-refractivity contribution in [2.75, 3.05) is 0 Å². The molecule has 0 radical (unpaired) electrons. The number of aliphatic hydroxyl groups excluding tert-OH is 1. The minimum Gasteiger partial charge on any atom is -0.374 e. The molecule has 0 aliphatic rings. The van der Waals surface area contributed by atoms with Gasteiger partial charge < -0.3 is 5.11 Å². The van der Waals surface area contributed by atoms with Gasteiger partial charge in [0, 0.05) is 5.56 Å². The van der Waals surface area contributed by atoms with Crippen molar-refractivity contribution in [3.05, 3.63) is 59.7 Å². The van der Waals surface area contributed by atoms with Crippen LogP contribution in [0.4, 0.5) is 0 Å². The van der Waals surface area contributed by atoms with Gasteiger partial charge >= 0.3 is 0 Å². The Balaban J connectivity index is 2.59. The van der Waals surface area contributed by atoms with E-state index in [4.69, 9.17) is 5.26 Å². The summed E-state index contributed by atoms with van der Waals surface area (Å²) in [7, 11) is 0. The summed E-state index contributed by atoms with van der Waals surface area (Å²) in [5, 5.41) is 18.6. The smallest absolute Gasteiger partial charge is 0.166 e. The van der Waals surface area contributed by atoms with Gasteiger partial charge in [0.2, 0.25) is 0 Å². The molecule has 0 saturated heterocycles. The Bertz CT molecular complexity index is 555. The Kier molecular flexibility index (Phi) is 3.22. The Labute approximate surface area is 101 Å². The minimum absolute atomic E-state index is 0.665. The maximum atomic E-state index is 9.73. The number of nitrogens with zero attached hydrogens (tertiary/aromatic N) is 1. The molecule has 17 heavy (non-hydrogen) atoms. The number of benzene rings is 2. The van der Waals surface area contributed by atoms with Gasteiger partial charge in [-0.2, -0.15) is 5.26 Å². The molecule has 0 aromatic heterocycles. The second-order valence-electron chi connectivity index (χ2n) is 3.99. The Hall–Kier alpha value is -2.11. The molecule has 1 N–H and O–H groups in total. The third-order valence-corrected chi connectivity index (χ3v) is 2.71. The quantitative estimate of drug-likeness (QED) is 0.794. The summed E-state index contributed by atoms with van der Waals surface area (Å²) in [4.78, 5) is 0. The number of aryl methyl sites for hydroxylation is 1. The third kappa shape index (κ3) is 2.35. The van der Waals surface area contributed by atoms with Crippen LogP contribution in [0.5, 0.6) is 0 Å². The van der Waals surface area contributed by atoms with Crippen LogP contribution in [0.1, 0.15) is 17.2 Å². The summed E-state index contributed by atoms with van der Waals surface area (Å²) < 4.78 is 0. The van der Waals surface area contributed by atoms with Gasteiger partial charge in [-0.15, -0.1) is 0 Å². The molecule has 1 unspecified atom stereocenters. The first-order valence-corrected chi connectivity index (χ1v) is 5.46. The van der Waals surface area contributed by atoms with E-state index in [2.05, 4.69) is 0 Å².